The van der Waals surface area contributed by atoms with Gasteiger partial charge in [0, 0.05) is 118 Å². The number of nitrogens with zero attached hydrogens (tertiary/aromatic N) is 8. The van der Waals surface area contributed by atoms with E-state index in [9.17, 15) is 63.6 Å². The summed E-state index contributed by atoms with van der Waals surface area (Å²) in [5.74, 6) is -4.47. The molecule has 6 atom stereocenters. The van der Waals surface area contributed by atoms with Gasteiger partial charge in [-0.2, -0.15) is 5.10 Å². The average molecular weight is 1430 g/mol. The van der Waals surface area contributed by atoms with Gasteiger partial charge in [0.1, 0.15) is 23.1 Å². The third-order valence-electron chi connectivity index (χ3n) is 20.0. The zero-order valence-electron chi connectivity index (χ0n) is 61.4. The minimum atomic E-state index is -1.46. The quantitative estimate of drug-likeness (QED) is 0.0361. The molecule has 29 heteroatoms. The summed E-state index contributed by atoms with van der Waals surface area (Å²) in [4.78, 5) is 126. The van der Waals surface area contributed by atoms with Crippen LogP contribution >= 0.6 is 0 Å². The standard InChI is InChI=1S/C73H113N11O18/c1-10-52-43-53-42-51(4)73(72(96)97,55(44-52)45-53)76-69(92)57-47-60(68-61(98-8)16-11-17-62(68)99-9)84(77-57)58-19-18-54(46-56(58)50(2)3)70(93)80(7)29-15-27-78(5)26-14-28-79(6)65(87)23-22-64(86)75-25-13-37-101-39-41-102-40-38-100-36-12-24-74-63(85)21-20-59(71(94)95)83-34-32-81(48-66(88)89)30-31-82(33-35-83)49-67(90)91/h11,16-19,46-47,50-53,55,59H,10,12-15,20-45,48-49H2,1-9H3,(H,74,85)(H,75,86)(H,76,92)(H,88,89)(H,90,91)(H,94,95)(H,96,97). The van der Waals surface area contributed by atoms with E-state index in [0.29, 0.717) is 157 Å². The number of amides is 5. The Kier molecular flexibility index (Phi) is 34.3. The number of methoxy groups -OCH3 is 2. The van der Waals surface area contributed by atoms with Crippen LogP contribution in [0.4, 0.5) is 0 Å². The lowest BCUT2D eigenvalue weighted by Crippen LogP contribution is -2.66. The molecule has 7 N–H and O–H groups in total. The summed E-state index contributed by atoms with van der Waals surface area (Å²) in [6.07, 6.45) is 6.90. The monoisotopic (exact) mass is 1430 g/mol. The van der Waals surface area contributed by atoms with E-state index in [-0.39, 0.29) is 112 Å². The molecule has 2 saturated carbocycles. The number of fused-ring (bicyclic) bond motifs is 2. The SMILES string of the molecule is CCC1CC2CC(C)C(NC(=O)c3cc(-c4c(OC)cccc4OC)n(-c4ccc(C(=O)N(C)CCCN(C)CCCN(C)C(=O)CCC(=O)NCCCOCCOCCOCCCNC(=O)CCC(C(=O)O)N5CCN(CC(=O)O)CCN(CC(=O)O)CC5)cc4C(C)C)n3)(C(=O)O)C(C1)C2. The molecule has 29 nitrogen and oxygen atoms in total. The van der Waals surface area contributed by atoms with Gasteiger partial charge in [-0.25, -0.2) is 9.48 Å². The van der Waals surface area contributed by atoms with Crippen molar-refractivity contribution in [3.05, 3.63) is 59.3 Å². The van der Waals surface area contributed by atoms with Gasteiger partial charge >= 0.3 is 23.9 Å². The Morgan fingerprint density at radius 2 is 1.22 bits per heavy atom. The molecule has 568 valence electrons. The van der Waals surface area contributed by atoms with Gasteiger partial charge in [0.15, 0.2) is 5.69 Å². The number of aromatic nitrogens is 2. The maximum absolute atomic E-state index is 14.7. The molecular weight excluding hydrogens is 1320 g/mol. The Hall–Kier alpha value is -7.80. The summed E-state index contributed by atoms with van der Waals surface area (Å²) in [7, 11) is 8.62. The second-order valence-corrected chi connectivity index (χ2v) is 27.7. The Labute approximate surface area is 600 Å². The van der Waals surface area contributed by atoms with Crippen LogP contribution in [0.25, 0.3) is 16.9 Å². The van der Waals surface area contributed by atoms with Gasteiger partial charge in [0.2, 0.25) is 17.7 Å². The number of hydrogen-bond acceptors (Lipinski definition) is 19. The second-order valence-electron chi connectivity index (χ2n) is 27.7. The molecule has 2 heterocycles. The van der Waals surface area contributed by atoms with E-state index in [0.717, 1.165) is 44.2 Å². The predicted octanol–water partition coefficient (Wildman–Crippen LogP) is 5.12. The highest BCUT2D eigenvalue weighted by Crippen LogP contribution is 2.51. The van der Waals surface area contributed by atoms with Crippen molar-refractivity contribution in [2.45, 2.75) is 129 Å². The van der Waals surface area contributed by atoms with Gasteiger partial charge in [-0.1, -0.05) is 40.2 Å². The smallest absolute Gasteiger partial charge is 0.329 e. The van der Waals surface area contributed by atoms with E-state index in [2.05, 4.69) is 27.8 Å². The van der Waals surface area contributed by atoms with Crippen molar-refractivity contribution in [1.29, 1.82) is 0 Å². The normalized spacial score (nSPS) is 19.2. The molecule has 1 saturated heterocycles. The molecule has 1 aromatic heterocycles. The number of carboxylic acid groups (broad SMARTS) is 4. The van der Waals surface area contributed by atoms with Crippen LogP contribution in [-0.4, -0.2) is 291 Å². The third kappa shape index (κ3) is 25.0. The van der Waals surface area contributed by atoms with Crippen molar-refractivity contribution >= 4 is 53.4 Å². The van der Waals surface area contributed by atoms with Gasteiger partial charge in [0.25, 0.3) is 11.8 Å². The van der Waals surface area contributed by atoms with Crippen molar-refractivity contribution in [3.8, 4) is 28.4 Å². The number of nitrogens with one attached hydrogen (secondary N) is 3. The van der Waals surface area contributed by atoms with E-state index in [1.54, 1.807) is 87.8 Å². The molecule has 3 fully saturated rings. The first-order valence-corrected chi connectivity index (χ1v) is 36.1. The van der Waals surface area contributed by atoms with Crippen molar-refractivity contribution < 1.29 is 87.3 Å². The molecule has 1 aliphatic heterocycles. The summed E-state index contributed by atoms with van der Waals surface area (Å²) < 4.78 is 30.2. The lowest BCUT2D eigenvalue weighted by atomic mass is 9.56. The maximum Gasteiger partial charge on any atom is 0.329 e. The van der Waals surface area contributed by atoms with E-state index >= 15 is 0 Å². The maximum atomic E-state index is 14.7. The Morgan fingerprint density at radius 1 is 0.657 bits per heavy atom. The van der Waals surface area contributed by atoms with E-state index < -0.39 is 41.4 Å². The minimum Gasteiger partial charge on any atom is -0.496 e. The van der Waals surface area contributed by atoms with E-state index in [1.165, 1.54) is 0 Å². The summed E-state index contributed by atoms with van der Waals surface area (Å²) in [6, 6.07) is 11.5. The van der Waals surface area contributed by atoms with Crippen molar-refractivity contribution in [2.24, 2.45) is 23.7 Å². The molecule has 0 spiro atoms. The topological polar surface area (TPSA) is 354 Å². The van der Waals surface area contributed by atoms with Gasteiger partial charge in [0.05, 0.1) is 70.7 Å². The summed E-state index contributed by atoms with van der Waals surface area (Å²) >= 11 is 0. The van der Waals surface area contributed by atoms with Gasteiger partial charge in [-0.3, -0.25) is 53.1 Å². The highest BCUT2D eigenvalue weighted by Gasteiger charge is 2.57. The Morgan fingerprint density at radius 3 is 1.75 bits per heavy atom. The zero-order chi connectivity index (χ0) is 74.5. The Bertz CT molecular complexity index is 3190. The van der Waals surface area contributed by atoms with Crippen LogP contribution in [-0.2, 0) is 47.8 Å². The molecule has 2 bridgehead atoms. The van der Waals surface area contributed by atoms with E-state index in [4.69, 9.17) is 28.8 Å². The van der Waals surface area contributed by atoms with Crippen molar-refractivity contribution in [1.82, 2.24) is 55.1 Å². The number of ether oxygens (including phenoxy) is 5. The van der Waals surface area contributed by atoms with Crippen molar-refractivity contribution in [2.75, 3.05) is 167 Å². The highest BCUT2D eigenvalue weighted by atomic mass is 16.5. The fraction of sp³-hybridized carbons (Fsp3) is 0.671. The first-order valence-electron chi connectivity index (χ1n) is 36.1. The fourth-order valence-electron chi connectivity index (χ4n) is 14.3. The van der Waals surface area contributed by atoms with Crippen LogP contribution in [0.2, 0.25) is 0 Å². The number of hydrogen-bond donors (Lipinski definition) is 7. The Balaban J connectivity index is 0.827. The molecule has 6 unspecified atom stereocenters. The predicted molar refractivity (Wildman–Crippen MR) is 381 cm³/mol. The van der Waals surface area contributed by atoms with Crippen molar-refractivity contribution in [3.63, 3.8) is 0 Å². The van der Waals surface area contributed by atoms with Gasteiger partial charge in [-0.05, 0) is 149 Å². The molecule has 2 aromatic carbocycles. The van der Waals surface area contributed by atoms with E-state index in [1.807, 2.05) is 40.0 Å². The third-order valence-corrected chi connectivity index (χ3v) is 20.0. The van der Waals surface area contributed by atoms with Crippen LogP contribution in [0, 0.1) is 23.7 Å². The summed E-state index contributed by atoms with van der Waals surface area (Å²) in [5, 5.41) is 53.3. The lowest BCUT2D eigenvalue weighted by Gasteiger charge is -2.52. The van der Waals surface area contributed by atoms with Crippen LogP contribution < -0.4 is 25.4 Å². The van der Waals surface area contributed by atoms with Crippen LogP contribution in [0.5, 0.6) is 11.5 Å². The first kappa shape index (κ1) is 83.1. The largest absolute Gasteiger partial charge is 0.496 e. The molecule has 3 aliphatic rings. The number of rotatable bonds is 44. The number of carbonyl (C=O) groups is 9. The number of benzene rings is 2. The lowest BCUT2D eigenvalue weighted by molar-refractivity contribution is -0.155. The molecule has 5 amide bonds. The first-order chi connectivity index (χ1) is 48.8. The number of carbonyl (C=O) groups excluding carboxylic acids is 5. The van der Waals surface area contributed by atoms with Crippen LogP contribution in [0.15, 0.2) is 42.5 Å². The summed E-state index contributed by atoms with van der Waals surface area (Å²) in [6.45, 7) is 14.6. The molecule has 0 radical (unpaired) electrons. The minimum absolute atomic E-state index is 0.0249. The zero-order valence-corrected chi connectivity index (χ0v) is 61.4. The van der Waals surface area contributed by atoms with Gasteiger partial charge in [-0.15, -0.1) is 0 Å². The molecule has 3 aromatic rings. The van der Waals surface area contributed by atoms with Gasteiger partial charge < -0.3 is 74.8 Å². The highest BCUT2D eigenvalue weighted by molar-refractivity contribution is 5.98. The summed E-state index contributed by atoms with van der Waals surface area (Å²) in [5.41, 5.74) is 1.50. The molecule has 102 heavy (non-hydrogen) atoms. The second kappa shape index (κ2) is 42.1. The number of carboxylic acids is 4. The number of aliphatic carboxylic acids is 4. The molecule has 6 rings (SSSR count). The molecular formula is C73H113N11O18. The molecule has 2 aliphatic carbocycles. The van der Waals surface area contributed by atoms with Crippen LogP contribution in [0.1, 0.15) is 143 Å². The fourth-order valence-corrected chi connectivity index (χ4v) is 14.3. The van der Waals surface area contributed by atoms with Crippen LogP contribution in [0.3, 0.4) is 0 Å². The average Bonchev–Trinajstić information content (AvgIpc) is 1.69.